The number of hydrogen-bond donors (Lipinski definition) is 3. The van der Waals surface area contributed by atoms with Crippen LogP contribution in [0.15, 0.2) is 24.4 Å². The minimum Gasteiger partial charge on any atom is -0.494 e. The molecule has 1 aromatic carbocycles. The van der Waals surface area contributed by atoms with Gasteiger partial charge in [0.25, 0.3) is 0 Å². The molecule has 2 atom stereocenters. The lowest BCUT2D eigenvalue weighted by atomic mass is 9.89. The Bertz CT molecular complexity index is 1170. The molecule has 198 valence electrons. The quantitative estimate of drug-likeness (QED) is 0.493. The van der Waals surface area contributed by atoms with Crippen LogP contribution in [0.4, 0.5) is 27.5 Å². The van der Waals surface area contributed by atoms with Crippen LogP contribution in [-0.4, -0.2) is 89.3 Å². The molecule has 13 heteroatoms. The summed E-state index contributed by atoms with van der Waals surface area (Å²) < 4.78 is 20.2. The first kappa shape index (κ1) is 25.9. The topological polar surface area (TPSA) is 148 Å². The number of carbonyl (C=O) groups is 3. The number of nitrogens with one attached hydrogen (secondary N) is 1. The Morgan fingerprint density at radius 1 is 1.05 bits per heavy atom. The zero-order chi connectivity index (χ0) is 26.7. The van der Waals surface area contributed by atoms with Gasteiger partial charge in [-0.15, -0.1) is 0 Å². The fraction of sp³-hybridized carbons (Fsp3) is 0.458. The summed E-state index contributed by atoms with van der Waals surface area (Å²) >= 11 is 0. The first-order valence-corrected chi connectivity index (χ1v) is 11.8. The van der Waals surface area contributed by atoms with Crippen LogP contribution in [0.25, 0.3) is 0 Å². The number of rotatable bonds is 7. The number of ether oxygens (including phenoxy) is 1. The highest BCUT2D eigenvalue weighted by molar-refractivity contribution is 5.76. The maximum Gasteiger partial charge on any atom is 0.308 e. The number of nitrogens with zero attached hydrogens (tertiary/aromatic N) is 5. The molecule has 3 heterocycles. The molecule has 3 N–H and O–H groups in total. The van der Waals surface area contributed by atoms with Crippen molar-refractivity contribution in [3.05, 3.63) is 30.2 Å². The Hall–Kier alpha value is -4.16. The van der Waals surface area contributed by atoms with Gasteiger partial charge in [-0.3, -0.25) is 14.4 Å². The van der Waals surface area contributed by atoms with Crippen molar-refractivity contribution >= 4 is 41.0 Å². The van der Waals surface area contributed by atoms with E-state index in [2.05, 4.69) is 20.2 Å². The Morgan fingerprint density at radius 3 is 2.27 bits per heavy atom. The van der Waals surface area contributed by atoms with Gasteiger partial charge < -0.3 is 35.0 Å². The number of halogens is 1. The molecule has 4 rings (SSSR count). The minimum absolute atomic E-state index is 0.0354. The molecule has 0 saturated carbocycles. The van der Waals surface area contributed by atoms with E-state index in [0.29, 0.717) is 37.6 Å². The van der Waals surface area contributed by atoms with E-state index in [4.69, 9.17) is 4.74 Å². The number of carbonyl (C=O) groups excluding carboxylic acids is 1. The number of piperidine rings is 1. The molecule has 2 aromatic rings. The van der Waals surface area contributed by atoms with Gasteiger partial charge in [-0.2, -0.15) is 4.98 Å². The molecular weight excluding hydrogens is 487 g/mol. The van der Waals surface area contributed by atoms with Crippen LogP contribution in [0.5, 0.6) is 5.75 Å². The van der Waals surface area contributed by atoms with Crippen LogP contribution in [0.1, 0.15) is 13.3 Å². The van der Waals surface area contributed by atoms with E-state index in [9.17, 15) is 29.0 Å². The summed E-state index contributed by atoms with van der Waals surface area (Å²) in [5.41, 5.74) is 1.44. The van der Waals surface area contributed by atoms with E-state index in [1.165, 1.54) is 12.0 Å². The van der Waals surface area contributed by atoms with Gasteiger partial charge in [0.2, 0.25) is 11.9 Å². The number of aromatic nitrogens is 2. The highest BCUT2D eigenvalue weighted by Gasteiger charge is 2.36. The largest absolute Gasteiger partial charge is 0.494 e. The molecule has 0 bridgehead atoms. The summed E-state index contributed by atoms with van der Waals surface area (Å²) in [6.07, 6.45) is 0.923. The average molecular weight is 517 g/mol. The summed E-state index contributed by atoms with van der Waals surface area (Å²) in [5, 5.41) is 21.9. The molecule has 2 fully saturated rings. The van der Waals surface area contributed by atoms with Gasteiger partial charge in [0.1, 0.15) is 5.75 Å². The first-order valence-electron chi connectivity index (χ1n) is 11.8. The number of methoxy groups -OCH3 is 1. The number of amides is 1. The zero-order valence-corrected chi connectivity index (χ0v) is 20.6. The maximum absolute atomic E-state index is 14.7. The number of aliphatic carboxylic acids is 2. The van der Waals surface area contributed by atoms with Gasteiger partial charge in [0.15, 0.2) is 11.6 Å². The van der Waals surface area contributed by atoms with Gasteiger partial charge >= 0.3 is 11.9 Å². The highest BCUT2D eigenvalue weighted by atomic mass is 19.1. The Morgan fingerprint density at radius 2 is 1.70 bits per heavy atom. The van der Waals surface area contributed by atoms with Gasteiger partial charge in [0.05, 0.1) is 30.8 Å². The summed E-state index contributed by atoms with van der Waals surface area (Å²) in [6.45, 7) is 4.05. The van der Waals surface area contributed by atoms with Crippen molar-refractivity contribution in [2.75, 3.05) is 61.5 Å². The van der Waals surface area contributed by atoms with Crippen LogP contribution in [0.3, 0.4) is 0 Å². The van der Waals surface area contributed by atoms with Crippen LogP contribution in [0.2, 0.25) is 0 Å². The molecule has 2 saturated heterocycles. The molecule has 2 aliphatic rings. The first-order chi connectivity index (χ1) is 17.7. The Labute approximate surface area is 212 Å². The maximum atomic E-state index is 14.7. The molecule has 0 spiro atoms. The Balaban J connectivity index is 1.53. The molecule has 0 unspecified atom stereocenters. The van der Waals surface area contributed by atoms with Gasteiger partial charge in [-0.1, -0.05) is 0 Å². The van der Waals surface area contributed by atoms with Gasteiger partial charge in [0, 0.05) is 57.9 Å². The van der Waals surface area contributed by atoms with Crippen molar-refractivity contribution < 1.29 is 33.7 Å². The van der Waals surface area contributed by atoms with E-state index < -0.39 is 29.6 Å². The van der Waals surface area contributed by atoms with E-state index in [1.807, 2.05) is 12.1 Å². The normalized spacial score (nSPS) is 19.9. The smallest absolute Gasteiger partial charge is 0.308 e. The van der Waals surface area contributed by atoms with Gasteiger partial charge in [-0.05, 0) is 18.6 Å². The molecule has 0 radical (unpaired) electrons. The van der Waals surface area contributed by atoms with E-state index in [1.54, 1.807) is 17.9 Å². The fourth-order valence-corrected chi connectivity index (χ4v) is 4.65. The number of hydrogen-bond acceptors (Lipinski definition) is 9. The lowest BCUT2D eigenvalue weighted by Gasteiger charge is -2.36. The second kappa shape index (κ2) is 10.8. The molecule has 2 aliphatic heterocycles. The lowest BCUT2D eigenvalue weighted by Crippen LogP contribution is -2.48. The minimum atomic E-state index is -1.14. The third kappa shape index (κ3) is 5.81. The zero-order valence-electron chi connectivity index (χ0n) is 20.6. The van der Waals surface area contributed by atoms with Crippen LogP contribution < -0.4 is 19.9 Å². The molecule has 1 amide bonds. The molecular formula is C24H29FN6O6. The number of piperazine rings is 1. The summed E-state index contributed by atoms with van der Waals surface area (Å²) in [7, 11) is 1.51. The summed E-state index contributed by atoms with van der Waals surface area (Å²) in [6, 6.07) is 5.51. The third-order valence-corrected chi connectivity index (χ3v) is 6.70. The highest BCUT2D eigenvalue weighted by Crippen LogP contribution is 2.33. The fourth-order valence-electron chi connectivity index (χ4n) is 4.65. The van der Waals surface area contributed by atoms with Gasteiger partial charge in [-0.25, -0.2) is 9.37 Å². The van der Waals surface area contributed by atoms with E-state index in [0.717, 1.165) is 11.9 Å². The van der Waals surface area contributed by atoms with Crippen molar-refractivity contribution in [1.29, 1.82) is 0 Å². The number of benzene rings is 1. The summed E-state index contributed by atoms with van der Waals surface area (Å²) in [4.78, 5) is 48.2. The molecule has 1 aromatic heterocycles. The van der Waals surface area contributed by atoms with Crippen LogP contribution >= 0.6 is 0 Å². The third-order valence-electron chi connectivity index (χ3n) is 6.70. The second-order valence-electron chi connectivity index (χ2n) is 9.08. The Kier molecular flexibility index (Phi) is 7.60. The number of carboxylic acid groups (broad SMARTS) is 2. The van der Waals surface area contributed by atoms with Crippen LogP contribution in [-0.2, 0) is 14.4 Å². The molecule has 0 aliphatic carbocycles. The van der Waals surface area contributed by atoms with Crippen molar-refractivity contribution in [2.45, 2.75) is 13.3 Å². The average Bonchev–Trinajstić information content (AvgIpc) is 2.89. The van der Waals surface area contributed by atoms with Crippen molar-refractivity contribution in [1.82, 2.24) is 14.9 Å². The summed E-state index contributed by atoms with van der Waals surface area (Å²) in [5.74, 6) is -4.58. The van der Waals surface area contributed by atoms with Crippen molar-refractivity contribution in [2.24, 2.45) is 11.8 Å². The predicted molar refractivity (Wildman–Crippen MR) is 132 cm³/mol. The SMILES string of the molecule is COc1cc(N2CCN(C(C)=O)CC2)ccc1Nc1ncc(F)c(N2C[C@H](C(=O)O)C[C@H](C(=O)O)C2)n1. The van der Waals surface area contributed by atoms with Crippen LogP contribution in [0, 0.1) is 17.7 Å². The monoisotopic (exact) mass is 516 g/mol. The number of anilines is 4. The van der Waals surface area contributed by atoms with Crippen molar-refractivity contribution in [3.63, 3.8) is 0 Å². The van der Waals surface area contributed by atoms with E-state index >= 15 is 0 Å². The molecule has 12 nitrogen and oxygen atoms in total. The molecule has 37 heavy (non-hydrogen) atoms. The number of carboxylic acids is 2. The van der Waals surface area contributed by atoms with Crippen molar-refractivity contribution in [3.8, 4) is 5.75 Å². The lowest BCUT2D eigenvalue weighted by molar-refractivity contribution is -0.146. The van der Waals surface area contributed by atoms with E-state index in [-0.39, 0.29) is 37.2 Å². The predicted octanol–water partition coefficient (Wildman–Crippen LogP) is 1.65. The standard InChI is InChI=1S/C24H29FN6O6/c1-14(32)29-5-7-30(8-6-29)17-3-4-19(20(10-17)37-2)27-24-26-11-18(25)21(28-24)31-12-15(22(33)34)9-16(13-31)23(35)36/h3-4,10-11,15-16H,5-9,12-13H2,1-2H3,(H,33,34)(H,35,36)(H,26,27,28)/t15-,16+. The second-order valence-corrected chi connectivity index (χ2v) is 9.08.